The first-order valence-electron chi connectivity index (χ1n) is 15.2. The maximum Gasteiger partial charge on any atom is 0.329 e. The minimum absolute atomic E-state index is 0.190. The molecule has 0 spiro atoms. The summed E-state index contributed by atoms with van der Waals surface area (Å²) >= 11 is 0. The van der Waals surface area contributed by atoms with E-state index < -0.39 is 35.2 Å². The van der Waals surface area contributed by atoms with Gasteiger partial charge >= 0.3 is 11.9 Å². The Balaban J connectivity index is 1.59. The summed E-state index contributed by atoms with van der Waals surface area (Å²) in [7, 11) is 0. The zero-order chi connectivity index (χ0) is 30.0. The molecule has 2 aromatic carbocycles. The van der Waals surface area contributed by atoms with E-state index in [1.54, 1.807) is 13.8 Å². The van der Waals surface area contributed by atoms with E-state index in [0.29, 0.717) is 44.5 Å². The van der Waals surface area contributed by atoms with Crippen LogP contribution in [0.1, 0.15) is 88.9 Å². The zero-order valence-electron chi connectivity index (χ0n) is 24.8. The van der Waals surface area contributed by atoms with Crippen molar-refractivity contribution in [2.45, 2.75) is 90.2 Å². The van der Waals surface area contributed by atoms with Crippen LogP contribution in [-0.2, 0) is 35.1 Å². The number of cyclic esters (lactones) is 2. The molecular formula is C34H43NO7. The number of hydrogen-bond acceptors (Lipinski definition) is 7. The molecule has 2 aliphatic heterocycles. The molecule has 1 fully saturated rings. The number of amides is 1. The molecular weight excluding hydrogens is 534 g/mol. The quantitative estimate of drug-likeness (QED) is 0.338. The van der Waals surface area contributed by atoms with Crippen LogP contribution in [0.2, 0.25) is 0 Å². The van der Waals surface area contributed by atoms with E-state index in [-0.39, 0.29) is 25.5 Å². The van der Waals surface area contributed by atoms with E-state index in [4.69, 9.17) is 14.2 Å². The summed E-state index contributed by atoms with van der Waals surface area (Å²) in [5.74, 6) is -1.62. The number of ether oxygens (including phenoxy) is 3. The van der Waals surface area contributed by atoms with E-state index in [0.717, 1.165) is 36.8 Å². The lowest BCUT2D eigenvalue weighted by Crippen LogP contribution is -2.53. The first kappa shape index (κ1) is 31.3. The number of rotatable bonds is 3. The highest BCUT2D eigenvalue weighted by Gasteiger charge is 2.42. The van der Waals surface area contributed by atoms with Crippen molar-refractivity contribution in [2.24, 2.45) is 5.41 Å². The maximum atomic E-state index is 13.7. The van der Waals surface area contributed by atoms with E-state index >= 15 is 0 Å². The molecule has 42 heavy (non-hydrogen) atoms. The van der Waals surface area contributed by atoms with Crippen molar-refractivity contribution >= 4 is 23.6 Å². The average Bonchev–Trinajstić information content (AvgIpc) is 3.01. The Kier molecular flexibility index (Phi) is 11.2. The normalized spacial score (nSPS) is 23.0. The van der Waals surface area contributed by atoms with Gasteiger partial charge in [0.2, 0.25) is 5.78 Å². The predicted molar refractivity (Wildman–Crippen MR) is 158 cm³/mol. The summed E-state index contributed by atoms with van der Waals surface area (Å²) in [6.45, 7) is 3.83. The Bertz CT molecular complexity index is 1230. The van der Waals surface area contributed by atoms with Gasteiger partial charge in [0.15, 0.2) is 0 Å². The molecule has 2 aromatic rings. The van der Waals surface area contributed by atoms with Gasteiger partial charge in [-0.15, -0.1) is 0 Å². The lowest BCUT2D eigenvalue weighted by molar-refractivity contribution is -0.165. The molecule has 226 valence electrons. The Hall–Kier alpha value is -3.68. The second-order valence-corrected chi connectivity index (χ2v) is 11.9. The van der Waals surface area contributed by atoms with Crippen LogP contribution in [0.4, 0.5) is 0 Å². The number of hydrogen-bond donors (Lipinski definition) is 0. The van der Waals surface area contributed by atoms with Gasteiger partial charge < -0.3 is 19.1 Å². The Labute approximate surface area is 248 Å². The van der Waals surface area contributed by atoms with Gasteiger partial charge in [0.05, 0.1) is 12.0 Å². The standard InChI is InChI=1S/C34H43NO7/c1-34(2)24-41-30(36)18-8-3-4-11-22-40-27-16-12-15-26(23-27)29(20-19-25-13-6-5-7-14-25)42-33(39)28-17-9-10-21-35(28)32(38)31(34)37/h5-7,12-16,23,28-29H,3-4,8-11,17-22,24H2,1-2H3/t28?,29-/m1/s1. The van der Waals surface area contributed by atoms with E-state index in [1.807, 2.05) is 54.6 Å². The number of carbonyl (C=O) groups is 4. The number of Topliss-reactive ketones (excluding diaryl/α,β-unsaturated/α-hetero) is 1. The summed E-state index contributed by atoms with van der Waals surface area (Å²) < 4.78 is 17.6. The second-order valence-electron chi connectivity index (χ2n) is 11.9. The number of benzene rings is 2. The third-order valence-corrected chi connectivity index (χ3v) is 8.01. The van der Waals surface area contributed by atoms with Crippen molar-refractivity contribution in [3.63, 3.8) is 0 Å². The smallest absolute Gasteiger partial charge is 0.329 e. The van der Waals surface area contributed by atoms with Crippen LogP contribution >= 0.6 is 0 Å². The average molecular weight is 578 g/mol. The minimum atomic E-state index is -1.21. The molecule has 0 N–H and O–H groups in total. The monoisotopic (exact) mass is 577 g/mol. The van der Waals surface area contributed by atoms with Gasteiger partial charge in [0.25, 0.3) is 5.91 Å². The number of carbonyl (C=O) groups excluding carboxylic acids is 4. The van der Waals surface area contributed by atoms with Crippen LogP contribution in [0, 0.1) is 5.41 Å². The third kappa shape index (κ3) is 8.66. The van der Waals surface area contributed by atoms with Crippen molar-refractivity contribution in [2.75, 3.05) is 19.8 Å². The lowest BCUT2D eigenvalue weighted by atomic mass is 9.87. The Morgan fingerprint density at radius 3 is 2.45 bits per heavy atom. The SMILES string of the molecule is CC1(C)COC(=O)CCCCCCOc2cccc(c2)[C@@H](CCc2ccccc2)OC(=O)C2CCCCN2C(=O)C1=O. The minimum Gasteiger partial charge on any atom is -0.494 e. The first-order valence-corrected chi connectivity index (χ1v) is 15.2. The number of piperidine rings is 1. The molecule has 0 radical (unpaired) electrons. The summed E-state index contributed by atoms with van der Waals surface area (Å²) in [6.07, 6.45) is 6.08. The molecule has 2 aliphatic rings. The summed E-state index contributed by atoms with van der Waals surface area (Å²) in [5.41, 5.74) is 0.739. The molecule has 0 aliphatic carbocycles. The summed E-state index contributed by atoms with van der Waals surface area (Å²) in [6, 6.07) is 16.8. The van der Waals surface area contributed by atoms with Crippen LogP contribution in [0.5, 0.6) is 5.75 Å². The van der Waals surface area contributed by atoms with Gasteiger partial charge in [-0.3, -0.25) is 14.4 Å². The fraction of sp³-hybridized carbons (Fsp3) is 0.529. The number of aryl methyl sites for hydroxylation is 1. The van der Waals surface area contributed by atoms with Gasteiger partial charge in [0, 0.05) is 13.0 Å². The summed E-state index contributed by atoms with van der Waals surface area (Å²) in [5, 5.41) is 0. The number of esters is 2. The fourth-order valence-electron chi connectivity index (χ4n) is 5.41. The lowest BCUT2D eigenvalue weighted by Gasteiger charge is -2.36. The van der Waals surface area contributed by atoms with Gasteiger partial charge in [-0.25, -0.2) is 4.79 Å². The fourth-order valence-corrected chi connectivity index (χ4v) is 5.41. The van der Waals surface area contributed by atoms with Crippen LogP contribution in [-0.4, -0.2) is 54.3 Å². The number of ketones is 1. The molecule has 0 saturated carbocycles. The Morgan fingerprint density at radius 1 is 0.857 bits per heavy atom. The molecule has 4 rings (SSSR count). The summed E-state index contributed by atoms with van der Waals surface area (Å²) in [4.78, 5) is 54.2. The van der Waals surface area contributed by atoms with Gasteiger partial charge in [-0.05, 0) is 82.1 Å². The molecule has 1 unspecified atom stereocenters. The highest BCUT2D eigenvalue weighted by molar-refractivity contribution is 6.38. The highest BCUT2D eigenvalue weighted by atomic mass is 16.5. The van der Waals surface area contributed by atoms with E-state index in [9.17, 15) is 19.2 Å². The van der Waals surface area contributed by atoms with Gasteiger partial charge in [-0.2, -0.15) is 0 Å². The van der Waals surface area contributed by atoms with Gasteiger partial charge in [-0.1, -0.05) is 55.3 Å². The number of fused-ring (bicyclic) bond motifs is 3. The molecule has 2 atom stereocenters. The van der Waals surface area contributed by atoms with Crippen molar-refractivity contribution in [1.29, 1.82) is 0 Å². The topological polar surface area (TPSA) is 99.2 Å². The zero-order valence-corrected chi connectivity index (χ0v) is 24.8. The number of nitrogens with zero attached hydrogens (tertiary/aromatic N) is 1. The van der Waals surface area contributed by atoms with Crippen molar-refractivity contribution < 1.29 is 33.4 Å². The van der Waals surface area contributed by atoms with Gasteiger partial charge in [0.1, 0.15) is 24.5 Å². The molecule has 8 nitrogen and oxygen atoms in total. The molecule has 8 heteroatoms. The van der Waals surface area contributed by atoms with Crippen LogP contribution in [0.25, 0.3) is 0 Å². The molecule has 1 saturated heterocycles. The van der Waals surface area contributed by atoms with E-state index in [1.165, 1.54) is 4.90 Å². The van der Waals surface area contributed by atoms with Crippen molar-refractivity contribution in [3.05, 3.63) is 65.7 Å². The van der Waals surface area contributed by atoms with Crippen LogP contribution in [0.3, 0.4) is 0 Å². The highest BCUT2D eigenvalue weighted by Crippen LogP contribution is 2.30. The van der Waals surface area contributed by atoms with Crippen LogP contribution in [0.15, 0.2) is 54.6 Å². The second kappa shape index (κ2) is 15.0. The Morgan fingerprint density at radius 2 is 1.64 bits per heavy atom. The largest absolute Gasteiger partial charge is 0.494 e. The molecule has 0 aromatic heterocycles. The van der Waals surface area contributed by atoms with E-state index in [2.05, 4.69) is 0 Å². The first-order chi connectivity index (χ1) is 20.2. The van der Waals surface area contributed by atoms with Crippen molar-refractivity contribution in [3.8, 4) is 5.75 Å². The third-order valence-electron chi connectivity index (χ3n) is 8.01. The molecule has 2 heterocycles. The maximum absolute atomic E-state index is 13.7. The molecule has 1 amide bonds. The predicted octanol–water partition coefficient (Wildman–Crippen LogP) is 5.77. The van der Waals surface area contributed by atoms with Crippen LogP contribution < -0.4 is 4.74 Å². The van der Waals surface area contributed by atoms with Crippen molar-refractivity contribution in [1.82, 2.24) is 4.90 Å². The molecule has 2 bridgehead atoms.